The minimum atomic E-state index is 0.210. The van der Waals surface area contributed by atoms with Crippen molar-refractivity contribution in [3.63, 3.8) is 0 Å². The van der Waals surface area contributed by atoms with E-state index in [0.717, 1.165) is 13.2 Å². The minimum absolute atomic E-state index is 0.210. The summed E-state index contributed by atoms with van der Waals surface area (Å²) < 4.78 is 6.13. The zero-order chi connectivity index (χ0) is 14.1. The van der Waals surface area contributed by atoms with Gasteiger partial charge in [0.05, 0.1) is 5.60 Å². The Hall–Kier alpha value is 0.230. The topological polar surface area (TPSA) is 24.5 Å². The standard InChI is InChI=1S/C16H30N2OS/c1-18(2)15(6-3-4-7-15)12-17-14-5-9-19-16(11-14)8-10-20-13-16/h14,17H,3-13H2,1-2H3. The van der Waals surface area contributed by atoms with Gasteiger partial charge in [0.25, 0.3) is 0 Å². The molecule has 0 aromatic heterocycles. The summed E-state index contributed by atoms with van der Waals surface area (Å²) in [7, 11) is 4.51. The molecule has 1 spiro atoms. The maximum atomic E-state index is 6.13. The monoisotopic (exact) mass is 298 g/mol. The number of hydrogen-bond donors (Lipinski definition) is 1. The second-order valence-electron chi connectivity index (χ2n) is 7.23. The average molecular weight is 298 g/mol. The Balaban J connectivity index is 1.55. The van der Waals surface area contributed by atoms with E-state index in [1.807, 2.05) is 0 Å². The zero-order valence-corrected chi connectivity index (χ0v) is 13.9. The van der Waals surface area contributed by atoms with E-state index in [0.29, 0.717) is 11.6 Å². The van der Waals surface area contributed by atoms with Crippen molar-refractivity contribution in [2.75, 3.05) is 38.8 Å². The van der Waals surface area contributed by atoms with E-state index in [1.54, 1.807) is 0 Å². The van der Waals surface area contributed by atoms with Crippen LogP contribution in [-0.2, 0) is 4.74 Å². The molecule has 3 rings (SSSR count). The Bertz CT molecular complexity index is 322. The molecule has 1 aliphatic carbocycles. The Morgan fingerprint density at radius 3 is 2.70 bits per heavy atom. The fourth-order valence-corrected chi connectivity index (χ4v) is 5.59. The lowest BCUT2D eigenvalue weighted by Crippen LogP contribution is -2.54. The molecule has 116 valence electrons. The van der Waals surface area contributed by atoms with Crippen molar-refractivity contribution in [2.45, 2.75) is 62.1 Å². The van der Waals surface area contributed by atoms with Gasteiger partial charge in [0.15, 0.2) is 0 Å². The first-order valence-electron chi connectivity index (χ1n) is 8.27. The number of nitrogens with one attached hydrogen (secondary N) is 1. The van der Waals surface area contributed by atoms with Gasteiger partial charge in [-0.05, 0) is 52.0 Å². The van der Waals surface area contributed by atoms with Crippen LogP contribution in [0.1, 0.15) is 44.9 Å². The Labute approximate surface area is 128 Å². The number of ether oxygens (including phenoxy) is 1. The molecule has 2 saturated heterocycles. The lowest BCUT2D eigenvalue weighted by Gasteiger charge is -2.42. The van der Waals surface area contributed by atoms with Crippen molar-refractivity contribution < 1.29 is 4.74 Å². The van der Waals surface area contributed by atoms with Gasteiger partial charge >= 0.3 is 0 Å². The van der Waals surface area contributed by atoms with Gasteiger partial charge in [-0.15, -0.1) is 0 Å². The number of likely N-dealkylation sites (N-methyl/N-ethyl adjacent to an activating group) is 1. The first kappa shape index (κ1) is 15.1. The molecule has 20 heavy (non-hydrogen) atoms. The third-order valence-corrected chi connectivity index (χ3v) is 6.99. The number of hydrogen-bond acceptors (Lipinski definition) is 4. The van der Waals surface area contributed by atoms with Gasteiger partial charge in [-0.3, -0.25) is 0 Å². The molecule has 0 amide bonds. The summed E-state index contributed by atoms with van der Waals surface area (Å²) >= 11 is 2.07. The van der Waals surface area contributed by atoms with Crippen LogP contribution in [0.5, 0.6) is 0 Å². The van der Waals surface area contributed by atoms with Crippen LogP contribution in [0.4, 0.5) is 0 Å². The molecular formula is C16H30N2OS. The third-order valence-electron chi connectivity index (χ3n) is 5.76. The first-order chi connectivity index (χ1) is 9.64. The molecule has 0 aromatic carbocycles. The van der Waals surface area contributed by atoms with E-state index in [9.17, 15) is 0 Å². The molecule has 1 saturated carbocycles. The first-order valence-corrected chi connectivity index (χ1v) is 9.42. The van der Waals surface area contributed by atoms with Crippen LogP contribution in [0.25, 0.3) is 0 Å². The van der Waals surface area contributed by atoms with Gasteiger partial charge in [0, 0.05) is 30.5 Å². The van der Waals surface area contributed by atoms with Gasteiger partial charge in [0.1, 0.15) is 0 Å². The predicted octanol–water partition coefficient (Wildman–Crippen LogP) is 2.51. The van der Waals surface area contributed by atoms with Crippen molar-refractivity contribution in [3.05, 3.63) is 0 Å². The number of nitrogens with zero attached hydrogens (tertiary/aromatic N) is 1. The zero-order valence-electron chi connectivity index (χ0n) is 13.1. The molecule has 3 aliphatic rings. The van der Waals surface area contributed by atoms with Crippen molar-refractivity contribution in [1.82, 2.24) is 10.2 Å². The molecular weight excluding hydrogens is 268 g/mol. The molecule has 1 N–H and O–H groups in total. The molecule has 4 heteroatoms. The van der Waals surface area contributed by atoms with Gasteiger partial charge in [-0.25, -0.2) is 0 Å². The van der Waals surface area contributed by atoms with Crippen LogP contribution >= 0.6 is 11.8 Å². The Kier molecular flexibility index (Phi) is 4.66. The molecule has 3 fully saturated rings. The molecule has 2 unspecified atom stereocenters. The highest BCUT2D eigenvalue weighted by molar-refractivity contribution is 7.99. The smallest absolute Gasteiger partial charge is 0.0795 e. The second kappa shape index (κ2) is 6.15. The SMILES string of the molecule is CN(C)C1(CNC2CCOC3(CCSC3)C2)CCCC1. The summed E-state index contributed by atoms with van der Waals surface area (Å²) in [6.07, 6.45) is 9.19. The van der Waals surface area contributed by atoms with E-state index in [4.69, 9.17) is 4.74 Å². The van der Waals surface area contributed by atoms with E-state index in [-0.39, 0.29) is 5.60 Å². The van der Waals surface area contributed by atoms with Gasteiger partial charge < -0.3 is 15.0 Å². The van der Waals surface area contributed by atoms with Crippen molar-refractivity contribution in [2.24, 2.45) is 0 Å². The fraction of sp³-hybridized carbons (Fsp3) is 1.00. The van der Waals surface area contributed by atoms with Crippen LogP contribution in [-0.4, -0.2) is 60.8 Å². The average Bonchev–Trinajstić information content (AvgIpc) is 3.07. The maximum Gasteiger partial charge on any atom is 0.0795 e. The molecule has 2 atom stereocenters. The highest BCUT2D eigenvalue weighted by Crippen LogP contribution is 2.39. The Morgan fingerprint density at radius 1 is 1.25 bits per heavy atom. The van der Waals surface area contributed by atoms with E-state index >= 15 is 0 Å². The quantitative estimate of drug-likeness (QED) is 0.862. The van der Waals surface area contributed by atoms with Crippen LogP contribution in [0.2, 0.25) is 0 Å². The largest absolute Gasteiger partial charge is 0.374 e. The summed E-state index contributed by atoms with van der Waals surface area (Å²) in [6, 6.07) is 0.667. The van der Waals surface area contributed by atoms with E-state index in [2.05, 4.69) is 36.1 Å². The van der Waals surface area contributed by atoms with Crippen LogP contribution in [0.15, 0.2) is 0 Å². The number of rotatable bonds is 4. The molecule has 0 aromatic rings. The Morgan fingerprint density at radius 2 is 2.05 bits per heavy atom. The van der Waals surface area contributed by atoms with E-state index in [1.165, 1.54) is 56.5 Å². The third kappa shape index (κ3) is 3.03. The summed E-state index contributed by atoms with van der Waals surface area (Å²) in [5.74, 6) is 2.50. The molecule has 0 radical (unpaired) electrons. The van der Waals surface area contributed by atoms with Gasteiger partial charge in [0.2, 0.25) is 0 Å². The van der Waals surface area contributed by atoms with Crippen molar-refractivity contribution in [3.8, 4) is 0 Å². The van der Waals surface area contributed by atoms with Crippen molar-refractivity contribution in [1.29, 1.82) is 0 Å². The summed E-state index contributed by atoms with van der Waals surface area (Å²) in [6.45, 7) is 2.11. The van der Waals surface area contributed by atoms with Crippen molar-refractivity contribution >= 4 is 11.8 Å². The van der Waals surface area contributed by atoms with Gasteiger partial charge in [-0.1, -0.05) is 12.8 Å². The molecule has 3 nitrogen and oxygen atoms in total. The lowest BCUT2D eigenvalue weighted by atomic mass is 9.88. The normalized spacial score (nSPS) is 37.0. The summed E-state index contributed by atoms with van der Waals surface area (Å²) in [5.41, 5.74) is 0.622. The van der Waals surface area contributed by atoms with Gasteiger partial charge in [-0.2, -0.15) is 11.8 Å². The maximum absolute atomic E-state index is 6.13. The molecule has 0 bridgehead atoms. The predicted molar refractivity (Wildman–Crippen MR) is 86.5 cm³/mol. The fourth-order valence-electron chi connectivity index (χ4n) is 4.21. The molecule has 2 heterocycles. The number of thioether (sulfide) groups is 1. The minimum Gasteiger partial charge on any atom is -0.374 e. The van der Waals surface area contributed by atoms with Crippen LogP contribution in [0, 0.1) is 0 Å². The molecule has 2 aliphatic heterocycles. The summed E-state index contributed by atoms with van der Waals surface area (Å²) in [4.78, 5) is 2.47. The van der Waals surface area contributed by atoms with Crippen LogP contribution in [0.3, 0.4) is 0 Å². The highest BCUT2D eigenvalue weighted by Gasteiger charge is 2.42. The highest BCUT2D eigenvalue weighted by atomic mass is 32.2. The summed E-state index contributed by atoms with van der Waals surface area (Å²) in [5, 5.41) is 3.91. The van der Waals surface area contributed by atoms with Crippen LogP contribution < -0.4 is 5.32 Å². The van der Waals surface area contributed by atoms with E-state index < -0.39 is 0 Å². The second-order valence-corrected chi connectivity index (χ2v) is 8.34. The lowest BCUT2D eigenvalue weighted by molar-refractivity contribution is -0.0713.